The SMILES string of the molecule is CC(C(=O)O)[C@H](CO)NC(=O)OC(C)(C)C. The van der Waals surface area contributed by atoms with Gasteiger partial charge < -0.3 is 20.3 Å². The molecular weight excluding hydrogens is 214 g/mol. The van der Waals surface area contributed by atoms with E-state index < -0.39 is 36.2 Å². The molecule has 0 aliphatic rings. The Morgan fingerprint density at radius 2 is 1.88 bits per heavy atom. The van der Waals surface area contributed by atoms with Crippen molar-refractivity contribution in [3.8, 4) is 0 Å². The van der Waals surface area contributed by atoms with Crippen molar-refractivity contribution in [2.45, 2.75) is 39.3 Å². The van der Waals surface area contributed by atoms with Crippen LogP contribution >= 0.6 is 0 Å². The van der Waals surface area contributed by atoms with Gasteiger partial charge in [-0.3, -0.25) is 4.79 Å². The summed E-state index contributed by atoms with van der Waals surface area (Å²) in [6, 6.07) is -0.854. The quantitative estimate of drug-likeness (QED) is 0.660. The van der Waals surface area contributed by atoms with Crippen LogP contribution in [0, 0.1) is 5.92 Å². The van der Waals surface area contributed by atoms with Crippen LogP contribution in [0.4, 0.5) is 4.79 Å². The number of ether oxygens (including phenoxy) is 1. The van der Waals surface area contributed by atoms with Gasteiger partial charge in [-0.1, -0.05) is 0 Å². The number of rotatable bonds is 4. The topological polar surface area (TPSA) is 95.9 Å². The van der Waals surface area contributed by atoms with E-state index in [9.17, 15) is 9.59 Å². The molecule has 0 rings (SSSR count). The van der Waals surface area contributed by atoms with Crippen molar-refractivity contribution in [1.29, 1.82) is 0 Å². The fourth-order valence-corrected chi connectivity index (χ4v) is 0.960. The molecule has 0 saturated heterocycles. The van der Waals surface area contributed by atoms with Crippen molar-refractivity contribution < 1.29 is 24.5 Å². The van der Waals surface area contributed by atoms with E-state index in [-0.39, 0.29) is 0 Å². The summed E-state index contributed by atoms with van der Waals surface area (Å²) < 4.78 is 4.95. The highest BCUT2D eigenvalue weighted by atomic mass is 16.6. The van der Waals surface area contributed by atoms with Crippen LogP contribution in [0.1, 0.15) is 27.7 Å². The normalized spacial score (nSPS) is 15.1. The molecule has 16 heavy (non-hydrogen) atoms. The van der Waals surface area contributed by atoms with Crippen LogP contribution < -0.4 is 5.32 Å². The van der Waals surface area contributed by atoms with Crippen LogP contribution in [-0.4, -0.2) is 40.5 Å². The third kappa shape index (κ3) is 5.55. The van der Waals surface area contributed by atoms with E-state index in [0.29, 0.717) is 0 Å². The first-order valence-electron chi connectivity index (χ1n) is 5.00. The largest absolute Gasteiger partial charge is 0.481 e. The second-order valence-electron chi connectivity index (χ2n) is 4.56. The summed E-state index contributed by atoms with van der Waals surface area (Å²) in [6.45, 7) is 6.04. The zero-order chi connectivity index (χ0) is 12.9. The minimum atomic E-state index is -1.09. The zero-order valence-corrected chi connectivity index (χ0v) is 9.98. The number of carboxylic acid groups (broad SMARTS) is 1. The van der Waals surface area contributed by atoms with Crippen LogP contribution in [0.3, 0.4) is 0 Å². The highest BCUT2D eigenvalue weighted by Gasteiger charge is 2.26. The number of aliphatic hydroxyl groups excluding tert-OH is 1. The standard InChI is InChI=1S/C10H19NO5/c1-6(8(13)14)7(5-12)11-9(15)16-10(2,3)4/h6-7,12H,5H2,1-4H3,(H,11,15)(H,13,14)/t6?,7-/m0/s1. The molecule has 0 aromatic heterocycles. The Hall–Kier alpha value is -1.30. The van der Waals surface area contributed by atoms with Gasteiger partial charge in [0.25, 0.3) is 0 Å². The Morgan fingerprint density at radius 1 is 1.38 bits per heavy atom. The molecule has 0 aliphatic carbocycles. The second kappa shape index (κ2) is 5.69. The molecule has 1 unspecified atom stereocenters. The van der Waals surface area contributed by atoms with Crippen molar-refractivity contribution in [3.63, 3.8) is 0 Å². The average Bonchev–Trinajstić information content (AvgIpc) is 2.09. The van der Waals surface area contributed by atoms with Crippen molar-refractivity contribution in [2.75, 3.05) is 6.61 Å². The Bertz CT molecular complexity index is 258. The van der Waals surface area contributed by atoms with Gasteiger partial charge >= 0.3 is 12.1 Å². The zero-order valence-electron chi connectivity index (χ0n) is 9.98. The summed E-state index contributed by atoms with van der Waals surface area (Å²) in [4.78, 5) is 22.0. The first-order valence-corrected chi connectivity index (χ1v) is 5.00. The lowest BCUT2D eigenvalue weighted by atomic mass is 10.0. The molecule has 0 fully saturated rings. The maximum atomic E-state index is 11.3. The second-order valence-corrected chi connectivity index (χ2v) is 4.56. The molecule has 3 N–H and O–H groups in total. The summed E-state index contributed by atoms with van der Waals surface area (Å²) in [5, 5.41) is 20.0. The van der Waals surface area contributed by atoms with Crippen molar-refractivity contribution in [2.24, 2.45) is 5.92 Å². The molecule has 0 bridgehead atoms. The van der Waals surface area contributed by atoms with Crippen molar-refractivity contribution in [3.05, 3.63) is 0 Å². The lowest BCUT2D eigenvalue weighted by Gasteiger charge is -2.24. The van der Waals surface area contributed by atoms with E-state index in [2.05, 4.69) is 5.32 Å². The van der Waals surface area contributed by atoms with Gasteiger partial charge in [0.15, 0.2) is 0 Å². The van der Waals surface area contributed by atoms with Gasteiger partial charge in [0.05, 0.1) is 18.6 Å². The number of carboxylic acids is 1. The number of hydrogen-bond donors (Lipinski definition) is 3. The van der Waals surface area contributed by atoms with E-state index in [0.717, 1.165) is 0 Å². The minimum absolute atomic E-state index is 0.452. The van der Waals surface area contributed by atoms with Gasteiger partial charge in [-0.05, 0) is 27.7 Å². The summed E-state index contributed by atoms with van der Waals surface area (Å²) >= 11 is 0. The lowest BCUT2D eigenvalue weighted by molar-refractivity contribution is -0.142. The molecule has 0 saturated carbocycles. The van der Waals surface area contributed by atoms with Crippen molar-refractivity contribution in [1.82, 2.24) is 5.32 Å². The fraction of sp³-hybridized carbons (Fsp3) is 0.800. The van der Waals surface area contributed by atoms with Gasteiger partial charge in [0.1, 0.15) is 5.60 Å². The molecule has 0 spiro atoms. The van der Waals surface area contributed by atoms with Crippen LogP contribution in [0.2, 0.25) is 0 Å². The van der Waals surface area contributed by atoms with Crippen molar-refractivity contribution >= 4 is 12.1 Å². The van der Waals surface area contributed by atoms with Gasteiger partial charge in [-0.15, -0.1) is 0 Å². The molecular formula is C10H19NO5. The first kappa shape index (κ1) is 14.7. The Balaban J connectivity index is 4.33. The lowest BCUT2D eigenvalue weighted by Crippen LogP contribution is -2.46. The number of amides is 1. The maximum absolute atomic E-state index is 11.3. The highest BCUT2D eigenvalue weighted by molar-refractivity contribution is 5.73. The predicted octanol–water partition coefficient (Wildman–Crippen LogP) is 0.593. The number of carbonyl (C=O) groups excluding carboxylic acids is 1. The van der Waals surface area contributed by atoms with Gasteiger partial charge in [-0.25, -0.2) is 4.79 Å². The van der Waals surface area contributed by atoms with Crippen LogP contribution in [0.5, 0.6) is 0 Å². The number of nitrogens with one attached hydrogen (secondary N) is 1. The van der Waals surface area contributed by atoms with Gasteiger partial charge in [-0.2, -0.15) is 0 Å². The smallest absolute Gasteiger partial charge is 0.407 e. The Labute approximate surface area is 94.6 Å². The number of hydrogen-bond acceptors (Lipinski definition) is 4. The van der Waals surface area contributed by atoms with E-state index in [4.69, 9.17) is 14.9 Å². The molecule has 0 radical (unpaired) electrons. The number of aliphatic hydroxyl groups is 1. The molecule has 1 amide bonds. The number of aliphatic carboxylic acids is 1. The molecule has 0 aromatic rings. The van der Waals surface area contributed by atoms with Crippen LogP contribution in [0.25, 0.3) is 0 Å². The van der Waals surface area contributed by atoms with Gasteiger partial charge in [0.2, 0.25) is 0 Å². The van der Waals surface area contributed by atoms with E-state index in [1.807, 2.05) is 0 Å². The maximum Gasteiger partial charge on any atom is 0.407 e. The summed E-state index contributed by atoms with van der Waals surface area (Å²) in [5.74, 6) is -1.97. The third-order valence-electron chi connectivity index (χ3n) is 1.89. The number of carbonyl (C=O) groups is 2. The van der Waals surface area contributed by atoms with Gasteiger partial charge in [0, 0.05) is 0 Å². The molecule has 0 aromatic carbocycles. The predicted molar refractivity (Wildman–Crippen MR) is 57.0 cm³/mol. The monoisotopic (exact) mass is 233 g/mol. The molecule has 2 atom stereocenters. The van der Waals surface area contributed by atoms with Crippen LogP contribution in [-0.2, 0) is 9.53 Å². The average molecular weight is 233 g/mol. The molecule has 6 heteroatoms. The van der Waals surface area contributed by atoms with Crippen LogP contribution in [0.15, 0.2) is 0 Å². The fourth-order valence-electron chi connectivity index (χ4n) is 0.960. The van der Waals surface area contributed by atoms with E-state index >= 15 is 0 Å². The molecule has 0 aliphatic heterocycles. The molecule has 6 nitrogen and oxygen atoms in total. The molecule has 94 valence electrons. The minimum Gasteiger partial charge on any atom is -0.481 e. The highest BCUT2D eigenvalue weighted by Crippen LogP contribution is 2.08. The summed E-state index contributed by atoms with van der Waals surface area (Å²) in [6.07, 6.45) is -0.736. The Kier molecular flexibility index (Phi) is 5.23. The van der Waals surface area contributed by atoms with E-state index in [1.54, 1.807) is 20.8 Å². The summed E-state index contributed by atoms with van der Waals surface area (Å²) in [7, 11) is 0. The van der Waals surface area contributed by atoms with E-state index in [1.165, 1.54) is 6.92 Å². The first-order chi connectivity index (χ1) is 7.17. The number of alkyl carbamates (subject to hydrolysis) is 1. The summed E-state index contributed by atoms with van der Waals surface area (Å²) in [5.41, 5.74) is -0.656. The molecule has 0 heterocycles. The third-order valence-corrected chi connectivity index (χ3v) is 1.89. The Morgan fingerprint density at radius 3 is 2.19 bits per heavy atom.